The monoisotopic (exact) mass is 374 g/mol. The van der Waals surface area contributed by atoms with Gasteiger partial charge in [0.1, 0.15) is 17.3 Å². The highest BCUT2D eigenvalue weighted by atomic mass is 16.6. The molecule has 2 heterocycles. The Labute approximate surface area is 154 Å². The van der Waals surface area contributed by atoms with Gasteiger partial charge in [0.25, 0.3) is 11.6 Å². The molecule has 0 bridgehead atoms. The molecule has 3 rings (SSSR count). The second-order valence-corrected chi connectivity index (χ2v) is 5.85. The highest BCUT2D eigenvalue weighted by Crippen LogP contribution is 2.22. The first-order valence-electron chi connectivity index (χ1n) is 8.22. The zero-order valence-corrected chi connectivity index (χ0v) is 14.3. The summed E-state index contributed by atoms with van der Waals surface area (Å²) < 4.78 is 10.9. The van der Waals surface area contributed by atoms with E-state index in [1.807, 2.05) is 6.07 Å². The van der Waals surface area contributed by atoms with Crippen molar-refractivity contribution in [1.82, 2.24) is 10.3 Å². The van der Waals surface area contributed by atoms with Crippen molar-refractivity contribution in [2.75, 3.05) is 26.3 Å². The first-order valence-corrected chi connectivity index (χ1v) is 8.22. The number of ether oxygens (including phenoxy) is 1. The number of amides is 1. The average Bonchev–Trinajstić information content (AvgIpc) is 3.09. The SMILES string of the molecule is O=C(N/N=C\c1ccc(CN2CCOCC2)o1)c1cc([N+](=O)[O-])ccc1O. The second kappa shape index (κ2) is 8.43. The molecule has 0 atom stereocenters. The van der Waals surface area contributed by atoms with Gasteiger partial charge in [-0.25, -0.2) is 5.43 Å². The Kier molecular flexibility index (Phi) is 5.79. The third kappa shape index (κ3) is 4.90. The van der Waals surface area contributed by atoms with Crippen molar-refractivity contribution in [2.24, 2.45) is 5.10 Å². The van der Waals surface area contributed by atoms with E-state index in [1.165, 1.54) is 6.21 Å². The van der Waals surface area contributed by atoms with E-state index in [-0.39, 0.29) is 17.0 Å². The van der Waals surface area contributed by atoms with Crippen LogP contribution in [0.5, 0.6) is 5.75 Å². The molecular weight excluding hydrogens is 356 g/mol. The molecule has 1 amide bonds. The first kappa shape index (κ1) is 18.5. The summed E-state index contributed by atoms with van der Waals surface area (Å²) in [7, 11) is 0. The summed E-state index contributed by atoms with van der Waals surface area (Å²) >= 11 is 0. The van der Waals surface area contributed by atoms with E-state index < -0.39 is 10.8 Å². The summed E-state index contributed by atoms with van der Waals surface area (Å²) in [6.45, 7) is 3.74. The minimum absolute atomic E-state index is 0.242. The maximum Gasteiger partial charge on any atom is 0.275 e. The van der Waals surface area contributed by atoms with Crippen LogP contribution in [-0.4, -0.2) is 53.4 Å². The Morgan fingerprint density at radius 3 is 2.85 bits per heavy atom. The molecule has 142 valence electrons. The van der Waals surface area contributed by atoms with Crippen LogP contribution in [0.4, 0.5) is 5.69 Å². The number of hydrogen-bond acceptors (Lipinski definition) is 8. The number of nitrogens with one attached hydrogen (secondary N) is 1. The van der Waals surface area contributed by atoms with Crippen LogP contribution >= 0.6 is 0 Å². The molecule has 1 aromatic heterocycles. The zero-order chi connectivity index (χ0) is 19.2. The number of nitrogens with zero attached hydrogens (tertiary/aromatic N) is 3. The molecule has 0 radical (unpaired) electrons. The van der Waals surface area contributed by atoms with Crippen molar-refractivity contribution < 1.29 is 24.0 Å². The molecule has 1 aromatic carbocycles. The van der Waals surface area contributed by atoms with Gasteiger partial charge in [-0.05, 0) is 18.2 Å². The van der Waals surface area contributed by atoms with Gasteiger partial charge in [-0.1, -0.05) is 0 Å². The Morgan fingerprint density at radius 1 is 1.33 bits per heavy atom. The van der Waals surface area contributed by atoms with Gasteiger partial charge in [0.2, 0.25) is 0 Å². The summed E-state index contributed by atoms with van der Waals surface area (Å²) in [4.78, 5) is 24.4. The van der Waals surface area contributed by atoms with E-state index in [1.54, 1.807) is 6.07 Å². The number of benzene rings is 1. The van der Waals surface area contributed by atoms with Gasteiger partial charge >= 0.3 is 0 Å². The molecule has 27 heavy (non-hydrogen) atoms. The molecule has 0 unspecified atom stereocenters. The van der Waals surface area contributed by atoms with E-state index in [0.29, 0.717) is 25.5 Å². The average molecular weight is 374 g/mol. The van der Waals surface area contributed by atoms with E-state index in [4.69, 9.17) is 9.15 Å². The Morgan fingerprint density at radius 2 is 2.11 bits per heavy atom. The number of aromatic hydroxyl groups is 1. The quantitative estimate of drug-likeness (QED) is 0.445. The predicted octanol–water partition coefficient (Wildman–Crippen LogP) is 1.49. The number of morpholine rings is 1. The smallest absolute Gasteiger partial charge is 0.275 e. The van der Waals surface area contributed by atoms with Gasteiger partial charge in [0.05, 0.1) is 36.5 Å². The number of carbonyl (C=O) groups excluding carboxylic acids is 1. The van der Waals surface area contributed by atoms with Crippen molar-refractivity contribution in [3.63, 3.8) is 0 Å². The number of nitro benzene ring substituents is 1. The van der Waals surface area contributed by atoms with Crippen LogP contribution in [-0.2, 0) is 11.3 Å². The molecule has 1 aliphatic heterocycles. The molecule has 10 nitrogen and oxygen atoms in total. The topological polar surface area (TPSA) is 130 Å². The molecular formula is C17H18N4O6. The number of phenols is 1. The number of hydrazone groups is 1. The summed E-state index contributed by atoms with van der Waals surface area (Å²) in [6, 6.07) is 6.71. The van der Waals surface area contributed by atoms with Gasteiger partial charge in [0.15, 0.2) is 0 Å². The van der Waals surface area contributed by atoms with E-state index in [2.05, 4.69) is 15.4 Å². The van der Waals surface area contributed by atoms with Crippen LogP contribution in [0.2, 0.25) is 0 Å². The number of rotatable bonds is 6. The minimum atomic E-state index is -0.771. The van der Waals surface area contributed by atoms with Crippen molar-refractivity contribution in [2.45, 2.75) is 6.54 Å². The normalized spacial score (nSPS) is 15.1. The molecule has 1 aliphatic rings. The number of hydrogen-bond donors (Lipinski definition) is 2. The van der Waals surface area contributed by atoms with Crippen LogP contribution in [0, 0.1) is 10.1 Å². The molecule has 1 fully saturated rings. The summed E-state index contributed by atoms with van der Waals surface area (Å²) in [5, 5.41) is 24.2. The third-order valence-electron chi connectivity index (χ3n) is 3.96. The molecule has 1 saturated heterocycles. The summed E-state index contributed by atoms with van der Waals surface area (Å²) in [6.07, 6.45) is 1.31. The molecule has 2 N–H and O–H groups in total. The predicted molar refractivity (Wildman–Crippen MR) is 94.6 cm³/mol. The Hall–Kier alpha value is -3.24. The lowest BCUT2D eigenvalue weighted by atomic mass is 10.1. The van der Waals surface area contributed by atoms with Crippen molar-refractivity contribution in [1.29, 1.82) is 0 Å². The van der Waals surface area contributed by atoms with Gasteiger partial charge in [-0.2, -0.15) is 5.10 Å². The highest BCUT2D eigenvalue weighted by Gasteiger charge is 2.16. The largest absolute Gasteiger partial charge is 0.507 e. The lowest BCUT2D eigenvalue weighted by Crippen LogP contribution is -2.35. The fraction of sp³-hybridized carbons (Fsp3) is 0.294. The van der Waals surface area contributed by atoms with E-state index in [9.17, 15) is 20.0 Å². The van der Waals surface area contributed by atoms with E-state index >= 15 is 0 Å². The number of phenolic OH excluding ortho intramolecular Hbond substituents is 1. The van der Waals surface area contributed by atoms with Gasteiger partial charge in [-0.15, -0.1) is 0 Å². The first-order chi connectivity index (χ1) is 13.0. The van der Waals surface area contributed by atoms with Crippen molar-refractivity contribution in [3.05, 3.63) is 57.5 Å². The minimum Gasteiger partial charge on any atom is -0.507 e. The van der Waals surface area contributed by atoms with Gasteiger partial charge < -0.3 is 14.3 Å². The molecule has 0 spiro atoms. The van der Waals surface area contributed by atoms with Crippen molar-refractivity contribution in [3.8, 4) is 5.75 Å². The number of nitro groups is 1. The fourth-order valence-corrected chi connectivity index (χ4v) is 2.56. The van der Waals surface area contributed by atoms with Gasteiger partial charge in [-0.3, -0.25) is 19.8 Å². The summed E-state index contributed by atoms with van der Waals surface area (Å²) in [5.74, 6) is 0.0643. The van der Waals surface area contributed by atoms with Crippen LogP contribution in [0.25, 0.3) is 0 Å². The summed E-state index contributed by atoms with van der Waals surface area (Å²) in [5.41, 5.74) is 1.66. The zero-order valence-electron chi connectivity index (χ0n) is 14.3. The van der Waals surface area contributed by atoms with Crippen LogP contribution in [0.1, 0.15) is 21.9 Å². The van der Waals surface area contributed by atoms with E-state index in [0.717, 1.165) is 37.0 Å². The number of non-ortho nitro benzene ring substituents is 1. The molecule has 10 heteroatoms. The van der Waals surface area contributed by atoms with Crippen LogP contribution in [0.15, 0.2) is 39.9 Å². The maximum atomic E-state index is 12.0. The van der Waals surface area contributed by atoms with Crippen molar-refractivity contribution >= 4 is 17.8 Å². The van der Waals surface area contributed by atoms with Crippen LogP contribution in [0.3, 0.4) is 0 Å². The molecule has 0 saturated carbocycles. The lowest BCUT2D eigenvalue weighted by molar-refractivity contribution is -0.384. The maximum absolute atomic E-state index is 12.0. The molecule has 0 aliphatic carbocycles. The number of furan rings is 1. The third-order valence-corrected chi connectivity index (χ3v) is 3.96. The Balaban J connectivity index is 1.58. The molecule has 2 aromatic rings. The standard InChI is InChI=1S/C17H18N4O6/c22-16-4-1-12(21(24)25)9-15(16)17(23)19-18-10-13-2-3-14(27-13)11-20-5-7-26-8-6-20/h1-4,9-10,22H,5-8,11H2,(H,19,23)/b18-10-. The number of carbonyl (C=O) groups is 1. The van der Waals surface area contributed by atoms with Crippen LogP contribution < -0.4 is 5.43 Å². The fourth-order valence-electron chi connectivity index (χ4n) is 2.56. The second-order valence-electron chi connectivity index (χ2n) is 5.85. The lowest BCUT2D eigenvalue weighted by Gasteiger charge is -2.25. The van der Waals surface area contributed by atoms with Gasteiger partial charge in [0, 0.05) is 25.2 Å². The highest BCUT2D eigenvalue weighted by molar-refractivity contribution is 5.97. The Bertz CT molecular complexity index is 857.